The van der Waals surface area contributed by atoms with Crippen LogP contribution >= 0.6 is 0 Å². The van der Waals surface area contributed by atoms with Crippen LogP contribution in [0.4, 0.5) is 0 Å². The third-order valence-corrected chi connectivity index (χ3v) is 4.32. The maximum Gasteiger partial charge on any atom is 0.321 e. The zero-order chi connectivity index (χ0) is 14.6. The molecule has 0 aliphatic rings. The van der Waals surface area contributed by atoms with Crippen LogP contribution in [0.25, 0.3) is 10.8 Å². The third kappa shape index (κ3) is 3.57. The third-order valence-electron chi connectivity index (χ3n) is 2.90. The number of carbonyl (C=O) groups excluding carboxylic acids is 1. The lowest BCUT2D eigenvalue weighted by Gasteiger charge is -2.07. The van der Waals surface area contributed by atoms with Gasteiger partial charge in [0.1, 0.15) is 5.75 Å². The van der Waals surface area contributed by atoms with Crippen molar-refractivity contribution < 1.29 is 17.9 Å². The fourth-order valence-corrected chi connectivity index (χ4v) is 3.36. The van der Waals surface area contributed by atoms with E-state index in [-0.39, 0.29) is 12.4 Å². The molecular formula is C15H16O4S. The van der Waals surface area contributed by atoms with E-state index in [2.05, 4.69) is 4.74 Å². The highest BCUT2D eigenvalue weighted by molar-refractivity contribution is 7.91. The molecule has 2 aromatic rings. The highest BCUT2D eigenvalue weighted by atomic mass is 32.2. The quantitative estimate of drug-likeness (QED) is 0.793. The molecule has 20 heavy (non-hydrogen) atoms. The SMILES string of the molecule is CCOC(=O)CS(=O)(=O)Cc1cccc2ccccc12. The van der Waals surface area contributed by atoms with Gasteiger partial charge in [-0.2, -0.15) is 0 Å². The van der Waals surface area contributed by atoms with Crippen LogP contribution in [0, 0.1) is 0 Å². The highest BCUT2D eigenvalue weighted by Crippen LogP contribution is 2.20. The Labute approximate surface area is 118 Å². The Balaban J connectivity index is 2.25. The van der Waals surface area contributed by atoms with E-state index in [9.17, 15) is 13.2 Å². The Morgan fingerprint density at radius 2 is 1.80 bits per heavy atom. The van der Waals surface area contributed by atoms with Gasteiger partial charge in [-0.1, -0.05) is 42.5 Å². The summed E-state index contributed by atoms with van der Waals surface area (Å²) in [7, 11) is -3.52. The number of fused-ring (bicyclic) bond motifs is 1. The Morgan fingerprint density at radius 1 is 1.10 bits per heavy atom. The van der Waals surface area contributed by atoms with Crippen LogP contribution in [0.2, 0.25) is 0 Å². The van der Waals surface area contributed by atoms with Gasteiger partial charge in [-0.15, -0.1) is 0 Å². The number of sulfone groups is 1. The van der Waals surface area contributed by atoms with Gasteiger partial charge in [-0.3, -0.25) is 4.79 Å². The maximum absolute atomic E-state index is 12.0. The van der Waals surface area contributed by atoms with Gasteiger partial charge in [-0.05, 0) is 23.3 Å². The van der Waals surface area contributed by atoms with Gasteiger partial charge in [0.05, 0.1) is 12.4 Å². The van der Waals surface area contributed by atoms with Crippen LogP contribution in [-0.2, 0) is 25.1 Å². The summed E-state index contributed by atoms with van der Waals surface area (Å²) in [6.07, 6.45) is 0. The van der Waals surface area contributed by atoms with Crippen LogP contribution in [0.1, 0.15) is 12.5 Å². The first-order valence-electron chi connectivity index (χ1n) is 6.34. The van der Waals surface area contributed by atoms with Gasteiger partial charge in [0.25, 0.3) is 0 Å². The molecule has 2 aromatic carbocycles. The summed E-state index contributed by atoms with van der Waals surface area (Å²) in [6.45, 7) is 1.83. The summed E-state index contributed by atoms with van der Waals surface area (Å²) < 4.78 is 28.7. The first-order chi connectivity index (χ1) is 9.52. The van der Waals surface area contributed by atoms with E-state index in [4.69, 9.17) is 0 Å². The average Bonchev–Trinajstić information content (AvgIpc) is 2.38. The van der Waals surface area contributed by atoms with Crippen molar-refractivity contribution in [2.24, 2.45) is 0 Å². The highest BCUT2D eigenvalue weighted by Gasteiger charge is 2.19. The monoisotopic (exact) mass is 292 g/mol. The second-order valence-corrected chi connectivity index (χ2v) is 6.54. The predicted molar refractivity (Wildman–Crippen MR) is 78.1 cm³/mol. The van der Waals surface area contributed by atoms with Gasteiger partial charge in [0.2, 0.25) is 0 Å². The normalized spacial score (nSPS) is 11.4. The summed E-state index contributed by atoms with van der Waals surface area (Å²) in [5.74, 6) is -1.44. The molecule has 0 atom stereocenters. The fourth-order valence-electron chi connectivity index (χ4n) is 2.09. The number of benzene rings is 2. The van der Waals surface area contributed by atoms with Gasteiger partial charge in [-0.25, -0.2) is 8.42 Å². The topological polar surface area (TPSA) is 60.4 Å². The van der Waals surface area contributed by atoms with Crippen molar-refractivity contribution in [3.63, 3.8) is 0 Å². The summed E-state index contributed by atoms with van der Waals surface area (Å²) >= 11 is 0. The molecule has 0 fully saturated rings. The molecule has 2 rings (SSSR count). The Hall–Kier alpha value is -1.88. The fraction of sp³-hybridized carbons (Fsp3) is 0.267. The van der Waals surface area contributed by atoms with Crippen LogP contribution in [0.3, 0.4) is 0 Å². The maximum atomic E-state index is 12.0. The molecule has 4 nitrogen and oxygen atoms in total. The summed E-state index contributed by atoms with van der Waals surface area (Å²) in [4.78, 5) is 11.3. The van der Waals surface area contributed by atoms with Crippen molar-refractivity contribution >= 4 is 26.6 Å². The van der Waals surface area contributed by atoms with Crippen LogP contribution < -0.4 is 0 Å². The first kappa shape index (κ1) is 14.5. The van der Waals surface area contributed by atoms with E-state index < -0.39 is 21.6 Å². The van der Waals surface area contributed by atoms with Crippen LogP contribution in [0.15, 0.2) is 42.5 Å². The first-order valence-corrected chi connectivity index (χ1v) is 8.16. The van der Waals surface area contributed by atoms with E-state index in [0.717, 1.165) is 10.8 Å². The molecule has 0 bridgehead atoms. The van der Waals surface area contributed by atoms with Gasteiger partial charge >= 0.3 is 5.97 Å². The standard InChI is InChI=1S/C15H16O4S/c1-2-19-15(16)11-20(17,18)10-13-8-5-7-12-6-3-4-9-14(12)13/h3-9H,2,10-11H2,1H3. The van der Waals surface area contributed by atoms with Crippen molar-refractivity contribution in [1.82, 2.24) is 0 Å². The number of rotatable bonds is 5. The lowest BCUT2D eigenvalue weighted by Crippen LogP contribution is -2.20. The molecule has 0 saturated carbocycles. The lowest BCUT2D eigenvalue weighted by molar-refractivity contribution is -0.139. The Kier molecular flexibility index (Phi) is 4.39. The van der Waals surface area contributed by atoms with E-state index in [1.54, 1.807) is 13.0 Å². The van der Waals surface area contributed by atoms with E-state index >= 15 is 0 Å². The number of hydrogen-bond donors (Lipinski definition) is 0. The molecule has 5 heteroatoms. The minimum absolute atomic E-state index is 0.160. The molecule has 106 valence electrons. The molecular weight excluding hydrogens is 276 g/mol. The van der Waals surface area contributed by atoms with Crippen molar-refractivity contribution in [3.05, 3.63) is 48.0 Å². The van der Waals surface area contributed by atoms with Gasteiger partial charge < -0.3 is 4.74 Å². The summed E-state index contributed by atoms with van der Waals surface area (Å²) in [5.41, 5.74) is 0.701. The summed E-state index contributed by atoms with van der Waals surface area (Å²) in [6, 6.07) is 13.1. The van der Waals surface area contributed by atoms with Crippen LogP contribution in [-0.4, -0.2) is 26.7 Å². The molecule has 0 heterocycles. The molecule has 0 N–H and O–H groups in total. The molecule has 0 radical (unpaired) electrons. The minimum atomic E-state index is -3.52. The molecule has 0 aliphatic heterocycles. The minimum Gasteiger partial charge on any atom is -0.465 e. The van der Waals surface area contributed by atoms with Gasteiger partial charge in [0.15, 0.2) is 9.84 Å². The second-order valence-electron chi connectivity index (χ2n) is 4.48. The summed E-state index contributed by atoms with van der Waals surface area (Å²) in [5, 5.41) is 1.87. The van der Waals surface area contributed by atoms with E-state index in [0.29, 0.717) is 5.56 Å². The molecule has 0 unspecified atom stereocenters. The zero-order valence-corrected chi connectivity index (χ0v) is 12.0. The lowest BCUT2D eigenvalue weighted by atomic mass is 10.1. The predicted octanol–water partition coefficient (Wildman–Crippen LogP) is 2.32. The van der Waals surface area contributed by atoms with Crippen molar-refractivity contribution in [2.75, 3.05) is 12.4 Å². The molecule has 0 amide bonds. The molecule has 0 aliphatic carbocycles. The molecule has 0 saturated heterocycles. The number of ether oxygens (including phenoxy) is 1. The Morgan fingerprint density at radius 3 is 2.55 bits per heavy atom. The van der Waals surface area contributed by atoms with Crippen molar-refractivity contribution in [3.8, 4) is 0 Å². The van der Waals surface area contributed by atoms with E-state index in [1.807, 2.05) is 36.4 Å². The van der Waals surface area contributed by atoms with Crippen LogP contribution in [0.5, 0.6) is 0 Å². The zero-order valence-electron chi connectivity index (χ0n) is 11.2. The smallest absolute Gasteiger partial charge is 0.321 e. The van der Waals surface area contributed by atoms with E-state index in [1.165, 1.54) is 0 Å². The Bertz CT molecular complexity index is 714. The van der Waals surface area contributed by atoms with Crippen molar-refractivity contribution in [2.45, 2.75) is 12.7 Å². The average molecular weight is 292 g/mol. The van der Waals surface area contributed by atoms with Gasteiger partial charge in [0, 0.05) is 0 Å². The second kappa shape index (κ2) is 6.05. The molecule has 0 spiro atoms. The largest absolute Gasteiger partial charge is 0.465 e. The molecule has 0 aromatic heterocycles. The number of carbonyl (C=O) groups is 1. The van der Waals surface area contributed by atoms with Crippen molar-refractivity contribution in [1.29, 1.82) is 0 Å². The number of hydrogen-bond acceptors (Lipinski definition) is 4. The number of esters is 1.